The minimum absolute atomic E-state index is 0.276. The number of anilines is 2. The van der Waals surface area contributed by atoms with Crippen molar-refractivity contribution in [2.75, 3.05) is 37.0 Å². The smallest absolute Gasteiger partial charge is 0.411 e. The average molecular weight is 403 g/mol. The van der Waals surface area contributed by atoms with E-state index in [0.717, 1.165) is 45.2 Å². The number of benzene rings is 1. The Morgan fingerprint density at radius 1 is 1.17 bits per heavy atom. The summed E-state index contributed by atoms with van der Waals surface area (Å²) in [5, 5.41) is 2.48. The van der Waals surface area contributed by atoms with Crippen molar-refractivity contribution in [3.05, 3.63) is 24.0 Å². The van der Waals surface area contributed by atoms with E-state index in [0.29, 0.717) is 24.0 Å². The highest BCUT2D eigenvalue weighted by molar-refractivity contribution is 5.87. The van der Waals surface area contributed by atoms with Gasteiger partial charge >= 0.3 is 6.09 Å². The molecule has 4 rings (SSSR count). The monoisotopic (exact) mass is 403 g/mol. The van der Waals surface area contributed by atoms with Crippen molar-refractivity contribution in [1.82, 2.24) is 4.90 Å². The van der Waals surface area contributed by atoms with Crippen LogP contribution in [-0.2, 0) is 9.53 Å². The number of rotatable bonds is 3. The third-order valence-corrected chi connectivity index (χ3v) is 6.86. The number of hydrogen-bond acceptors (Lipinski definition) is 4. The fourth-order valence-corrected chi connectivity index (χ4v) is 5.31. The number of nitrogens with zero attached hydrogens (tertiary/aromatic N) is 2. The largest absolute Gasteiger partial charge is 0.453 e. The Morgan fingerprint density at radius 3 is 2.69 bits per heavy atom. The summed E-state index contributed by atoms with van der Waals surface area (Å²) in [6.07, 6.45) is 7.94. The zero-order valence-electron chi connectivity index (χ0n) is 17.1. The van der Waals surface area contributed by atoms with Crippen LogP contribution < -0.4 is 10.2 Å². The number of amides is 2. The van der Waals surface area contributed by atoms with Crippen molar-refractivity contribution in [2.45, 2.75) is 57.4 Å². The quantitative estimate of drug-likeness (QED) is 0.823. The summed E-state index contributed by atoms with van der Waals surface area (Å²) in [6.45, 7) is 2.14. The second-order valence-electron chi connectivity index (χ2n) is 8.63. The van der Waals surface area contributed by atoms with Crippen LogP contribution in [0.1, 0.15) is 51.4 Å². The summed E-state index contributed by atoms with van der Waals surface area (Å²) in [6, 6.07) is 5.05. The zero-order valence-corrected chi connectivity index (χ0v) is 17.1. The van der Waals surface area contributed by atoms with E-state index >= 15 is 0 Å². The summed E-state index contributed by atoms with van der Waals surface area (Å²) in [7, 11) is 1.27. The highest BCUT2D eigenvalue weighted by Gasteiger charge is 2.50. The number of ether oxygens (including phenoxy) is 1. The molecule has 1 unspecified atom stereocenters. The van der Waals surface area contributed by atoms with Gasteiger partial charge in [0.1, 0.15) is 5.82 Å². The number of hydrogen-bond donors (Lipinski definition) is 1. The normalized spacial score (nSPS) is 25.5. The van der Waals surface area contributed by atoms with Gasteiger partial charge in [-0.3, -0.25) is 10.1 Å². The van der Waals surface area contributed by atoms with E-state index in [4.69, 9.17) is 0 Å². The first-order valence-corrected chi connectivity index (χ1v) is 10.7. The Balaban J connectivity index is 1.48. The van der Waals surface area contributed by atoms with Crippen LogP contribution in [-0.4, -0.2) is 49.7 Å². The second-order valence-corrected chi connectivity index (χ2v) is 8.63. The van der Waals surface area contributed by atoms with Gasteiger partial charge in [0.15, 0.2) is 0 Å². The predicted molar refractivity (Wildman–Crippen MR) is 110 cm³/mol. The molecule has 3 fully saturated rings. The van der Waals surface area contributed by atoms with Crippen LogP contribution in [0.25, 0.3) is 0 Å². The van der Waals surface area contributed by atoms with E-state index in [1.807, 2.05) is 4.90 Å². The van der Waals surface area contributed by atoms with Crippen molar-refractivity contribution in [2.24, 2.45) is 5.41 Å². The summed E-state index contributed by atoms with van der Waals surface area (Å²) >= 11 is 0. The fraction of sp³-hybridized carbons (Fsp3) is 0.636. The Labute approximate surface area is 171 Å². The molecule has 0 radical (unpaired) electrons. The van der Waals surface area contributed by atoms with E-state index in [1.54, 1.807) is 12.1 Å². The maximum absolute atomic E-state index is 14.8. The molecule has 2 aliphatic heterocycles. The second kappa shape index (κ2) is 8.20. The predicted octanol–water partition coefficient (Wildman–Crippen LogP) is 4.16. The van der Waals surface area contributed by atoms with Gasteiger partial charge in [0.2, 0.25) is 5.91 Å². The third kappa shape index (κ3) is 3.91. The van der Waals surface area contributed by atoms with E-state index in [-0.39, 0.29) is 11.3 Å². The van der Waals surface area contributed by atoms with Gasteiger partial charge in [-0.15, -0.1) is 0 Å². The van der Waals surface area contributed by atoms with Crippen molar-refractivity contribution in [3.8, 4) is 0 Å². The Morgan fingerprint density at radius 2 is 1.97 bits per heavy atom. The number of methoxy groups -OCH3 is 1. The lowest BCUT2D eigenvalue weighted by atomic mass is 9.78. The number of halogens is 1. The van der Waals surface area contributed by atoms with Gasteiger partial charge in [-0.1, -0.05) is 19.3 Å². The molecule has 7 heteroatoms. The molecule has 3 aliphatic rings. The Hall–Kier alpha value is -2.31. The van der Waals surface area contributed by atoms with Crippen LogP contribution in [0.5, 0.6) is 0 Å². The van der Waals surface area contributed by atoms with Crippen LogP contribution in [0.3, 0.4) is 0 Å². The van der Waals surface area contributed by atoms with Crippen LogP contribution in [0.4, 0.5) is 20.6 Å². The first kappa shape index (κ1) is 20.0. The van der Waals surface area contributed by atoms with Crippen molar-refractivity contribution < 1.29 is 18.7 Å². The number of piperidine rings is 1. The molecule has 1 saturated carbocycles. The molecule has 6 nitrogen and oxygen atoms in total. The summed E-state index contributed by atoms with van der Waals surface area (Å²) in [4.78, 5) is 28.9. The molecule has 1 aromatic carbocycles. The van der Waals surface area contributed by atoms with Crippen molar-refractivity contribution >= 4 is 23.4 Å². The van der Waals surface area contributed by atoms with Crippen LogP contribution in [0, 0.1) is 11.2 Å². The minimum Gasteiger partial charge on any atom is -0.453 e. The van der Waals surface area contributed by atoms with Gasteiger partial charge in [0.25, 0.3) is 0 Å². The number of nitrogens with one attached hydrogen (secondary N) is 1. The summed E-state index contributed by atoms with van der Waals surface area (Å²) in [5.74, 6) is -0.121. The van der Waals surface area contributed by atoms with Crippen LogP contribution >= 0.6 is 0 Å². The highest BCUT2D eigenvalue weighted by Crippen LogP contribution is 2.43. The first-order chi connectivity index (χ1) is 14.0. The van der Waals surface area contributed by atoms with Gasteiger partial charge < -0.3 is 14.5 Å². The molecule has 158 valence electrons. The lowest BCUT2D eigenvalue weighted by Gasteiger charge is -2.41. The SMILES string of the molecule is COC(=O)Nc1ccc(N2CCCC3(CCN(C4CCCCC4)C3=O)C2)c(F)c1. The molecular formula is C22H30FN3O3. The standard InChI is InChI=1S/C22H30FN3O3/c1-29-21(28)24-16-8-9-19(18(23)14-16)25-12-5-10-22(15-25)11-13-26(20(22)27)17-6-3-2-4-7-17/h8-9,14,17H,2-7,10-13,15H2,1H3,(H,24,28). The van der Waals surface area contributed by atoms with Gasteiger partial charge in [0, 0.05) is 31.4 Å². The Kier molecular flexibility index (Phi) is 5.65. The molecular weight excluding hydrogens is 373 g/mol. The topological polar surface area (TPSA) is 61.9 Å². The fourth-order valence-electron chi connectivity index (χ4n) is 5.31. The molecule has 1 aromatic rings. The van der Waals surface area contributed by atoms with E-state index in [1.165, 1.54) is 32.4 Å². The summed E-state index contributed by atoms with van der Waals surface area (Å²) in [5.41, 5.74) is 0.457. The Bertz CT molecular complexity index is 781. The van der Waals surface area contributed by atoms with Crippen LogP contribution in [0.15, 0.2) is 18.2 Å². The maximum Gasteiger partial charge on any atom is 0.411 e. The molecule has 1 atom stereocenters. The minimum atomic E-state index is -0.631. The number of carbonyl (C=O) groups excluding carboxylic acids is 2. The van der Waals surface area contributed by atoms with Crippen molar-refractivity contribution in [1.29, 1.82) is 0 Å². The molecule has 1 N–H and O–H groups in total. The lowest BCUT2D eigenvalue weighted by Crippen LogP contribution is -2.50. The van der Waals surface area contributed by atoms with Gasteiger partial charge in [-0.25, -0.2) is 9.18 Å². The van der Waals surface area contributed by atoms with Gasteiger partial charge in [-0.2, -0.15) is 0 Å². The molecule has 0 aromatic heterocycles. The van der Waals surface area contributed by atoms with E-state index < -0.39 is 11.9 Å². The molecule has 1 spiro atoms. The number of likely N-dealkylation sites (tertiary alicyclic amines) is 1. The van der Waals surface area contributed by atoms with Gasteiger partial charge in [-0.05, 0) is 50.3 Å². The van der Waals surface area contributed by atoms with E-state index in [2.05, 4.69) is 15.0 Å². The van der Waals surface area contributed by atoms with Crippen LogP contribution in [0.2, 0.25) is 0 Å². The molecule has 29 heavy (non-hydrogen) atoms. The summed E-state index contributed by atoms with van der Waals surface area (Å²) < 4.78 is 19.4. The zero-order chi connectivity index (χ0) is 20.4. The molecule has 2 heterocycles. The molecule has 2 saturated heterocycles. The molecule has 2 amide bonds. The average Bonchev–Trinajstić information content (AvgIpc) is 3.04. The third-order valence-electron chi connectivity index (χ3n) is 6.86. The molecule has 0 bridgehead atoms. The van der Waals surface area contributed by atoms with Crippen molar-refractivity contribution in [3.63, 3.8) is 0 Å². The first-order valence-electron chi connectivity index (χ1n) is 10.7. The van der Waals surface area contributed by atoms with E-state index in [9.17, 15) is 14.0 Å². The lowest BCUT2D eigenvalue weighted by molar-refractivity contribution is -0.138. The maximum atomic E-state index is 14.8. The van der Waals surface area contributed by atoms with Gasteiger partial charge in [0.05, 0.1) is 18.2 Å². The highest BCUT2D eigenvalue weighted by atomic mass is 19.1. The number of carbonyl (C=O) groups is 2. The molecule has 1 aliphatic carbocycles.